The van der Waals surface area contributed by atoms with E-state index in [0.717, 1.165) is 29.0 Å². The summed E-state index contributed by atoms with van der Waals surface area (Å²) in [4.78, 5) is 11.9. The summed E-state index contributed by atoms with van der Waals surface area (Å²) in [5.41, 5.74) is 3.24. The van der Waals surface area contributed by atoms with E-state index in [-0.39, 0.29) is 11.3 Å². The molecule has 3 aliphatic heterocycles. The second-order valence-electron chi connectivity index (χ2n) is 6.10. The maximum atomic E-state index is 11.9. The molecule has 120 valence electrons. The fourth-order valence-electron chi connectivity index (χ4n) is 3.54. The summed E-state index contributed by atoms with van der Waals surface area (Å²) >= 11 is 1.24. The fourth-order valence-corrected chi connectivity index (χ4v) is 4.36. The molecule has 0 saturated carbocycles. The van der Waals surface area contributed by atoms with Gasteiger partial charge in [-0.1, -0.05) is 60.3 Å². The molecule has 1 N–H and O–H groups in total. The summed E-state index contributed by atoms with van der Waals surface area (Å²) in [5, 5.41) is 9.69. The molecular formula is C18H15N3O2S. The van der Waals surface area contributed by atoms with Gasteiger partial charge in [0.05, 0.1) is 17.5 Å². The number of carbonyl (C=O) groups is 1. The Kier molecular flexibility index (Phi) is 2.91. The molecule has 3 heterocycles. The number of carbonyl (C=O) groups excluding carboxylic acids is 1. The lowest BCUT2D eigenvalue weighted by atomic mass is 9.96. The van der Waals surface area contributed by atoms with E-state index >= 15 is 0 Å². The molecule has 2 aromatic carbocycles. The number of rotatable bonds is 1. The lowest BCUT2D eigenvalue weighted by molar-refractivity contribution is -0.111. The van der Waals surface area contributed by atoms with E-state index in [2.05, 4.69) is 23.5 Å². The highest BCUT2D eigenvalue weighted by Gasteiger charge is 2.54. The van der Waals surface area contributed by atoms with Crippen molar-refractivity contribution in [1.82, 2.24) is 10.3 Å². The van der Waals surface area contributed by atoms with Gasteiger partial charge in [0.15, 0.2) is 0 Å². The zero-order chi connectivity index (χ0) is 16.1. The van der Waals surface area contributed by atoms with Gasteiger partial charge in [-0.25, -0.2) is 5.01 Å². The first-order valence-corrected chi connectivity index (χ1v) is 8.89. The van der Waals surface area contributed by atoms with Crippen LogP contribution in [0.25, 0.3) is 0 Å². The Hall–Kier alpha value is -2.47. The van der Waals surface area contributed by atoms with E-state index in [0.29, 0.717) is 5.75 Å². The van der Waals surface area contributed by atoms with Crippen molar-refractivity contribution in [2.45, 2.75) is 18.3 Å². The zero-order valence-corrected chi connectivity index (χ0v) is 13.6. The molecule has 1 saturated heterocycles. The summed E-state index contributed by atoms with van der Waals surface area (Å²) in [5.74, 6) is 0.450. The van der Waals surface area contributed by atoms with Gasteiger partial charge in [-0.2, -0.15) is 5.10 Å². The second-order valence-corrected chi connectivity index (χ2v) is 7.05. The summed E-state index contributed by atoms with van der Waals surface area (Å²) in [6.45, 7) is 0. The highest BCUT2D eigenvalue weighted by molar-refractivity contribution is 8.14. The van der Waals surface area contributed by atoms with Crippen molar-refractivity contribution < 1.29 is 9.53 Å². The average molecular weight is 337 g/mol. The number of hydrogen-bond acceptors (Lipinski definition) is 5. The molecule has 1 fully saturated rings. The van der Waals surface area contributed by atoms with E-state index in [4.69, 9.17) is 9.84 Å². The summed E-state index contributed by atoms with van der Waals surface area (Å²) in [6, 6.07) is 18.3. The van der Waals surface area contributed by atoms with Crippen molar-refractivity contribution in [1.29, 1.82) is 0 Å². The SMILES string of the molecule is O=C1NC2(CS1)Oc1ccccc1C1CC(c3ccccc3)=NN12. The van der Waals surface area contributed by atoms with E-state index in [1.807, 2.05) is 41.4 Å². The van der Waals surface area contributed by atoms with E-state index < -0.39 is 5.85 Å². The number of hydrogen-bond donors (Lipinski definition) is 1. The summed E-state index contributed by atoms with van der Waals surface area (Å²) in [7, 11) is 0. The molecule has 0 radical (unpaired) electrons. The number of ether oxygens (including phenoxy) is 1. The molecule has 0 bridgehead atoms. The van der Waals surface area contributed by atoms with E-state index in [9.17, 15) is 4.79 Å². The van der Waals surface area contributed by atoms with Crippen molar-refractivity contribution in [2.75, 3.05) is 5.75 Å². The van der Waals surface area contributed by atoms with Crippen molar-refractivity contribution in [3.8, 4) is 5.75 Å². The number of thioether (sulfide) groups is 1. The van der Waals surface area contributed by atoms with E-state index in [1.54, 1.807) is 0 Å². The number of nitrogens with one attached hydrogen (secondary N) is 1. The quantitative estimate of drug-likeness (QED) is 0.867. The Labute approximate surface area is 143 Å². The lowest BCUT2D eigenvalue weighted by Gasteiger charge is -2.44. The standard InChI is InChI=1S/C18H15N3O2S/c22-17-19-18(11-24-17)21-15(13-8-4-5-9-16(13)23-18)10-14(20-21)12-6-2-1-3-7-12/h1-9,15H,10-11H2,(H,19,22). The Morgan fingerprint density at radius 1 is 1.17 bits per heavy atom. The molecule has 2 aromatic rings. The van der Waals surface area contributed by atoms with Crippen molar-refractivity contribution in [2.24, 2.45) is 5.10 Å². The predicted molar refractivity (Wildman–Crippen MR) is 93.0 cm³/mol. The van der Waals surface area contributed by atoms with Gasteiger partial charge in [-0.3, -0.25) is 10.1 Å². The Morgan fingerprint density at radius 2 is 1.96 bits per heavy atom. The molecule has 3 aliphatic rings. The lowest BCUT2D eigenvalue weighted by Crippen LogP contribution is -2.62. The monoisotopic (exact) mass is 337 g/mol. The minimum absolute atomic E-state index is 0.0727. The van der Waals surface area contributed by atoms with Gasteiger partial charge in [0, 0.05) is 12.0 Å². The molecule has 1 amide bonds. The molecule has 2 atom stereocenters. The maximum Gasteiger partial charge on any atom is 0.289 e. The number of fused-ring (bicyclic) bond motifs is 4. The maximum absolute atomic E-state index is 11.9. The second kappa shape index (κ2) is 5.01. The molecule has 2 unspecified atom stereocenters. The van der Waals surface area contributed by atoms with Gasteiger partial charge in [0.2, 0.25) is 0 Å². The van der Waals surface area contributed by atoms with Gasteiger partial charge in [-0.15, -0.1) is 0 Å². The molecule has 6 heteroatoms. The van der Waals surface area contributed by atoms with Crippen LogP contribution in [0.4, 0.5) is 4.79 Å². The van der Waals surface area contributed by atoms with Crippen molar-refractivity contribution in [3.05, 3.63) is 65.7 Å². The first kappa shape index (κ1) is 13.9. The molecule has 5 rings (SSSR count). The topological polar surface area (TPSA) is 53.9 Å². The number of nitrogens with zero attached hydrogens (tertiary/aromatic N) is 2. The van der Waals surface area contributed by atoms with Crippen LogP contribution in [0.2, 0.25) is 0 Å². The van der Waals surface area contributed by atoms with Crippen LogP contribution in [-0.4, -0.2) is 27.6 Å². The highest BCUT2D eigenvalue weighted by Crippen LogP contribution is 2.48. The highest BCUT2D eigenvalue weighted by atomic mass is 32.2. The summed E-state index contributed by atoms with van der Waals surface area (Å²) in [6.07, 6.45) is 0.798. The van der Waals surface area contributed by atoms with Crippen molar-refractivity contribution in [3.63, 3.8) is 0 Å². The van der Waals surface area contributed by atoms with Crippen LogP contribution < -0.4 is 10.1 Å². The minimum Gasteiger partial charge on any atom is -0.447 e. The van der Waals surface area contributed by atoms with Crippen molar-refractivity contribution >= 4 is 22.7 Å². The predicted octanol–water partition coefficient (Wildman–Crippen LogP) is 3.34. The molecule has 0 aliphatic carbocycles. The molecular weight excluding hydrogens is 322 g/mol. The molecule has 1 spiro atoms. The number of hydrazone groups is 1. The Morgan fingerprint density at radius 3 is 2.75 bits per heavy atom. The summed E-state index contributed by atoms with van der Waals surface area (Å²) < 4.78 is 6.21. The third-order valence-corrected chi connectivity index (χ3v) is 5.54. The molecule has 24 heavy (non-hydrogen) atoms. The van der Waals surface area contributed by atoms with Gasteiger partial charge in [0.25, 0.3) is 11.1 Å². The largest absolute Gasteiger partial charge is 0.447 e. The van der Waals surface area contributed by atoms with Crippen LogP contribution in [0.5, 0.6) is 5.75 Å². The zero-order valence-electron chi connectivity index (χ0n) is 12.8. The third-order valence-electron chi connectivity index (χ3n) is 4.64. The first-order chi connectivity index (χ1) is 11.8. The van der Waals surface area contributed by atoms with Crippen LogP contribution in [0, 0.1) is 0 Å². The molecule has 0 aromatic heterocycles. The van der Waals surface area contributed by atoms with E-state index in [1.165, 1.54) is 11.8 Å². The Balaban J connectivity index is 1.62. The van der Waals surface area contributed by atoms with Crippen LogP contribution >= 0.6 is 11.8 Å². The van der Waals surface area contributed by atoms with Gasteiger partial charge < -0.3 is 4.74 Å². The fraction of sp³-hybridized carbons (Fsp3) is 0.222. The van der Waals surface area contributed by atoms with Gasteiger partial charge in [-0.05, 0) is 11.6 Å². The third kappa shape index (κ3) is 1.96. The van der Waals surface area contributed by atoms with Gasteiger partial charge >= 0.3 is 0 Å². The van der Waals surface area contributed by atoms with Crippen LogP contribution in [-0.2, 0) is 0 Å². The number of para-hydroxylation sites is 1. The van der Waals surface area contributed by atoms with Crippen LogP contribution in [0.3, 0.4) is 0 Å². The average Bonchev–Trinajstić information content (AvgIpc) is 3.22. The molecule has 5 nitrogen and oxygen atoms in total. The minimum atomic E-state index is -0.892. The number of benzene rings is 2. The smallest absolute Gasteiger partial charge is 0.289 e. The van der Waals surface area contributed by atoms with Crippen LogP contribution in [0.15, 0.2) is 59.7 Å². The van der Waals surface area contributed by atoms with Crippen LogP contribution in [0.1, 0.15) is 23.6 Å². The normalized spacial score (nSPS) is 27.3. The van der Waals surface area contributed by atoms with Gasteiger partial charge in [0.1, 0.15) is 5.75 Å². The number of amides is 1. The first-order valence-electron chi connectivity index (χ1n) is 7.90. The Bertz CT molecular complexity index is 854.